The normalized spacial score (nSPS) is 26.0. The van der Waals surface area contributed by atoms with Gasteiger partial charge in [0.15, 0.2) is 11.5 Å². The molecule has 5 aliphatic rings. The van der Waals surface area contributed by atoms with Gasteiger partial charge in [0.05, 0.1) is 16.6 Å². The lowest BCUT2D eigenvalue weighted by molar-refractivity contribution is -0.141. The molecule has 292 valence electrons. The fraction of sp³-hybridized carbons (Fsp3) is 0.488. The second kappa shape index (κ2) is 13.4. The van der Waals surface area contributed by atoms with E-state index < -0.39 is 17.7 Å². The minimum absolute atomic E-state index is 0.0592. The lowest BCUT2D eigenvalue weighted by atomic mass is 9.93. The Morgan fingerprint density at radius 1 is 0.946 bits per heavy atom. The Bertz CT molecular complexity index is 2360. The number of benzene rings is 2. The maximum Gasteiger partial charge on any atom is 0.433 e. The molecule has 0 spiro atoms. The van der Waals surface area contributed by atoms with E-state index in [0.717, 1.165) is 87.9 Å². The molecule has 10 rings (SSSR count). The standard InChI is InChI=1S/C41H41F5N8O2/c1-22-27(42)11-9-23-5-2-6-26(33(22)23)36-35(43)37-34-29(50-36)7-3-8-30-28-12-10-24(49-28)18-53(30)38(34)52-39(51-37)56-20-40-14-4-16-54(40)25(13-15-40)19-55-32-17-31(41(44,45)46)47-21-48-32/h2,5-6,9,11,17,21,24-25,28,30,49H,3-4,7-8,10,12-16,18-20H2,1H3/t24-,25+,28+,30-,40+/m1/s1. The van der Waals surface area contributed by atoms with Gasteiger partial charge in [-0.2, -0.15) is 23.1 Å². The first-order chi connectivity index (χ1) is 27.1. The number of piperazine rings is 1. The van der Waals surface area contributed by atoms with E-state index in [0.29, 0.717) is 46.2 Å². The van der Waals surface area contributed by atoms with E-state index in [9.17, 15) is 17.6 Å². The predicted octanol–water partition coefficient (Wildman–Crippen LogP) is 7.34. The van der Waals surface area contributed by atoms with Crippen LogP contribution in [0.15, 0.2) is 42.7 Å². The highest BCUT2D eigenvalue weighted by Gasteiger charge is 2.50. The summed E-state index contributed by atoms with van der Waals surface area (Å²) in [5, 5.41) is 5.79. The van der Waals surface area contributed by atoms with E-state index in [1.807, 2.05) is 12.1 Å². The van der Waals surface area contributed by atoms with Crippen molar-refractivity contribution in [2.45, 2.75) is 101 Å². The number of fused-ring (bicyclic) bond motifs is 7. The number of pyridine rings is 1. The van der Waals surface area contributed by atoms with Crippen LogP contribution in [0.3, 0.4) is 0 Å². The van der Waals surface area contributed by atoms with Gasteiger partial charge in [-0.1, -0.05) is 24.3 Å². The molecule has 5 aliphatic heterocycles. The van der Waals surface area contributed by atoms with Crippen molar-refractivity contribution in [3.63, 3.8) is 0 Å². The zero-order chi connectivity index (χ0) is 38.3. The van der Waals surface area contributed by atoms with Crippen LogP contribution >= 0.6 is 0 Å². The van der Waals surface area contributed by atoms with E-state index in [4.69, 9.17) is 24.4 Å². The van der Waals surface area contributed by atoms with Gasteiger partial charge in [0, 0.05) is 42.3 Å². The van der Waals surface area contributed by atoms with Crippen LogP contribution in [-0.4, -0.2) is 85.8 Å². The third-order valence-corrected chi connectivity index (χ3v) is 12.9. The fourth-order valence-electron chi connectivity index (χ4n) is 10.3. The zero-order valence-corrected chi connectivity index (χ0v) is 30.9. The van der Waals surface area contributed by atoms with E-state index >= 15 is 4.39 Å². The Morgan fingerprint density at radius 2 is 1.84 bits per heavy atom. The second-order valence-electron chi connectivity index (χ2n) is 16.1. The van der Waals surface area contributed by atoms with Crippen LogP contribution in [-0.2, 0) is 12.6 Å². The summed E-state index contributed by atoms with van der Waals surface area (Å²) in [6.45, 7) is 3.64. The predicted molar refractivity (Wildman–Crippen MR) is 199 cm³/mol. The summed E-state index contributed by atoms with van der Waals surface area (Å²) in [5.41, 5.74) is 0.514. The Kier molecular flexibility index (Phi) is 8.55. The highest BCUT2D eigenvalue weighted by molar-refractivity contribution is 6.01. The molecule has 15 heteroatoms. The highest BCUT2D eigenvalue weighted by Crippen LogP contribution is 2.45. The molecule has 0 saturated carbocycles. The number of ether oxygens (including phenoxy) is 2. The number of hydrogen-bond acceptors (Lipinski definition) is 10. The molecule has 8 heterocycles. The van der Waals surface area contributed by atoms with Crippen molar-refractivity contribution in [3.8, 4) is 23.1 Å². The van der Waals surface area contributed by atoms with Gasteiger partial charge in [0.25, 0.3) is 0 Å². The quantitative estimate of drug-likeness (QED) is 0.169. The average molecular weight is 773 g/mol. The molecule has 4 saturated heterocycles. The highest BCUT2D eigenvalue weighted by atomic mass is 19.4. The summed E-state index contributed by atoms with van der Waals surface area (Å²) in [6.07, 6.45) is 4.11. The van der Waals surface area contributed by atoms with Crippen LogP contribution in [0, 0.1) is 18.6 Å². The first-order valence-corrected chi connectivity index (χ1v) is 19.6. The average Bonchev–Trinajstić information content (AvgIpc) is 3.89. The Labute approximate surface area is 319 Å². The lowest BCUT2D eigenvalue weighted by Gasteiger charge is -2.43. The molecule has 1 N–H and O–H groups in total. The van der Waals surface area contributed by atoms with Gasteiger partial charge < -0.3 is 19.7 Å². The molecular formula is C41H41F5N8O2. The van der Waals surface area contributed by atoms with Crippen LogP contribution in [0.25, 0.3) is 32.9 Å². The second-order valence-corrected chi connectivity index (χ2v) is 16.1. The van der Waals surface area contributed by atoms with E-state index in [1.165, 1.54) is 6.07 Å². The molecule has 5 atom stereocenters. The van der Waals surface area contributed by atoms with Crippen molar-refractivity contribution in [2.24, 2.45) is 0 Å². The molecule has 0 amide bonds. The van der Waals surface area contributed by atoms with Crippen molar-refractivity contribution < 1.29 is 31.4 Å². The number of halogens is 5. The van der Waals surface area contributed by atoms with Crippen molar-refractivity contribution in [3.05, 3.63) is 71.3 Å². The number of aromatic nitrogens is 5. The van der Waals surface area contributed by atoms with Gasteiger partial charge in [0.2, 0.25) is 5.88 Å². The topological polar surface area (TPSA) is 101 Å². The molecule has 3 aromatic heterocycles. The molecule has 0 aliphatic carbocycles. The van der Waals surface area contributed by atoms with E-state index in [-0.39, 0.29) is 59.8 Å². The lowest BCUT2D eigenvalue weighted by Crippen LogP contribution is -2.58. The smallest absolute Gasteiger partial charge is 0.433 e. The van der Waals surface area contributed by atoms with E-state index in [1.54, 1.807) is 19.1 Å². The molecule has 0 radical (unpaired) electrons. The zero-order valence-electron chi connectivity index (χ0n) is 30.9. The van der Waals surface area contributed by atoms with Crippen molar-refractivity contribution in [1.29, 1.82) is 0 Å². The van der Waals surface area contributed by atoms with Crippen molar-refractivity contribution in [1.82, 2.24) is 35.1 Å². The van der Waals surface area contributed by atoms with Gasteiger partial charge in [0.1, 0.15) is 42.4 Å². The SMILES string of the molecule is Cc1c(F)ccc2cccc(-c3nc4c5c(nc(OC[C@@]67CCCN6[C@H](COc6cc(C(F)(F)F)ncn6)CC7)nc5c3F)N3C[C@H]5CC[C@H](N5)[C@H]3CCC4)c12. The van der Waals surface area contributed by atoms with E-state index in [2.05, 4.69) is 25.1 Å². The number of rotatable bonds is 7. The summed E-state index contributed by atoms with van der Waals surface area (Å²) >= 11 is 0. The summed E-state index contributed by atoms with van der Waals surface area (Å²) < 4.78 is 84.4. The summed E-state index contributed by atoms with van der Waals surface area (Å²) in [6, 6.07) is 10.3. The monoisotopic (exact) mass is 772 g/mol. The molecule has 0 unspecified atom stereocenters. The molecule has 56 heavy (non-hydrogen) atoms. The molecule has 2 aromatic carbocycles. The number of anilines is 1. The maximum atomic E-state index is 17.3. The molecule has 2 bridgehead atoms. The van der Waals surface area contributed by atoms with Gasteiger partial charge in [-0.15, -0.1) is 0 Å². The first-order valence-electron chi connectivity index (χ1n) is 19.6. The Morgan fingerprint density at radius 3 is 2.71 bits per heavy atom. The molecule has 4 fully saturated rings. The van der Waals surface area contributed by atoms with Gasteiger partial charge in [-0.25, -0.2) is 23.7 Å². The number of nitrogens with one attached hydrogen (secondary N) is 1. The first kappa shape index (κ1) is 35.6. The summed E-state index contributed by atoms with van der Waals surface area (Å²) in [5.74, 6) is -0.445. The molecular weight excluding hydrogens is 731 g/mol. The van der Waals surface area contributed by atoms with Crippen LogP contribution in [0.5, 0.6) is 11.9 Å². The van der Waals surface area contributed by atoms with Gasteiger partial charge in [-0.05, 0) is 93.7 Å². The molecule has 10 nitrogen and oxygen atoms in total. The summed E-state index contributed by atoms with van der Waals surface area (Å²) in [4.78, 5) is 26.8. The fourth-order valence-corrected chi connectivity index (χ4v) is 10.3. The van der Waals surface area contributed by atoms with Gasteiger partial charge >= 0.3 is 12.2 Å². The summed E-state index contributed by atoms with van der Waals surface area (Å²) in [7, 11) is 0. The molecule has 5 aromatic rings. The Balaban J connectivity index is 1.01. The number of hydrogen-bond donors (Lipinski definition) is 1. The minimum Gasteiger partial charge on any atom is -0.476 e. The maximum absolute atomic E-state index is 17.3. The Hall–Kier alpha value is -4.76. The minimum atomic E-state index is -4.60. The van der Waals surface area contributed by atoms with Crippen LogP contribution in [0.1, 0.15) is 68.3 Å². The van der Waals surface area contributed by atoms with Crippen LogP contribution in [0.2, 0.25) is 0 Å². The number of alkyl halides is 3. The van der Waals surface area contributed by atoms with Gasteiger partial charge in [-0.3, -0.25) is 4.90 Å². The van der Waals surface area contributed by atoms with Crippen molar-refractivity contribution in [2.75, 3.05) is 31.2 Å². The number of nitrogens with zero attached hydrogens (tertiary/aromatic N) is 7. The van der Waals surface area contributed by atoms with Crippen molar-refractivity contribution >= 4 is 27.5 Å². The van der Waals surface area contributed by atoms with Crippen LogP contribution < -0.4 is 19.7 Å². The largest absolute Gasteiger partial charge is 0.476 e. The third-order valence-electron chi connectivity index (χ3n) is 12.9. The third kappa shape index (κ3) is 5.91. The number of aryl methyl sites for hydroxylation is 2. The van der Waals surface area contributed by atoms with Crippen LogP contribution in [0.4, 0.5) is 27.8 Å².